The monoisotopic (exact) mass is 408 g/mol. The second-order valence-electron chi connectivity index (χ2n) is 4.77. The molecule has 1 atom stereocenters. The van der Waals surface area contributed by atoms with Gasteiger partial charge < -0.3 is 16.2 Å². The minimum Gasteiger partial charge on any atom is -0.480 e. The smallest absolute Gasteiger partial charge is 0.321 e. The minimum atomic E-state index is -1.07. The Hall–Kier alpha value is -0.800. The SMILES string of the molecule is CC(C)(SCC(=O)Nc1cccc(I)c1)[C@H](N)C(=O)O. The van der Waals surface area contributed by atoms with Crippen LogP contribution in [0.3, 0.4) is 0 Å². The van der Waals surface area contributed by atoms with Crippen LogP contribution in [0.15, 0.2) is 24.3 Å². The summed E-state index contributed by atoms with van der Waals surface area (Å²) in [6.07, 6.45) is 0. The van der Waals surface area contributed by atoms with Crippen LogP contribution in [-0.2, 0) is 9.59 Å². The van der Waals surface area contributed by atoms with E-state index in [1.807, 2.05) is 18.2 Å². The summed E-state index contributed by atoms with van der Waals surface area (Å²) in [5, 5.41) is 11.7. The molecule has 0 radical (unpaired) electrons. The number of carboxylic acids is 1. The third-order valence-electron chi connectivity index (χ3n) is 2.70. The zero-order chi connectivity index (χ0) is 15.3. The molecule has 0 aliphatic rings. The predicted octanol–water partition coefficient (Wildman–Crippen LogP) is 2.15. The Balaban J connectivity index is 2.53. The van der Waals surface area contributed by atoms with E-state index < -0.39 is 16.8 Å². The fraction of sp³-hybridized carbons (Fsp3) is 0.385. The van der Waals surface area contributed by atoms with Gasteiger partial charge in [-0.3, -0.25) is 9.59 Å². The Morgan fingerprint density at radius 3 is 2.70 bits per heavy atom. The highest BCUT2D eigenvalue weighted by molar-refractivity contribution is 14.1. The fourth-order valence-corrected chi connectivity index (χ4v) is 2.80. The number of halogens is 1. The van der Waals surface area contributed by atoms with Crippen LogP contribution in [0.1, 0.15) is 13.8 Å². The lowest BCUT2D eigenvalue weighted by molar-refractivity contribution is -0.139. The van der Waals surface area contributed by atoms with Crippen LogP contribution in [0.2, 0.25) is 0 Å². The number of carbonyl (C=O) groups is 2. The maximum atomic E-state index is 11.8. The van der Waals surface area contributed by atoms with Crippen molar-refractivity contribution >= 4 is 51.9 Å². The number of benzene rings is 1. The Bertz CT molecular complexity index is 508. The molecule has 0 aliphatic heterocycles. The first-order chi connectivity index (χ1) is 9.22. The summed E-state index contributed by atoms with van der Waals surface area (Å²) < 4.78 is 0.315. The van der Waals surface area contributed by atoms with Crippen molar-refractivity contribution in [2.75, 3.05) is 11.1 Å². The van der Waals surface area contributed by atoms with Crippen molar-refractivity contribution in [1.82, 2.24) is 0 Å². The van der Waals surface area contributed by atoms with E-state index in [1.165, 1.54) is 11.8 Å². The Morgan fingerprint density at radius 2 is 2.15 bits per heavy atom. The van der Waals surface area contributed by atoms with E-state index in [9.17, 15) is 9.59 Å². The third-order valence-corrected chi connectivity index (χ3v) is 4.77. The summed E-state index contributed by atoms with van der Waals surface area (Å²) in [6, 6.07) is 6.43. The molecule has 4 N–H and O–H groups in total. The first-order valence-electron chi connectivity index (χ1n) is 5.90. The zero-order valence-electron chi connectivity index (χ0n) is 11.2. The molecule has 1 rings (SSSR count). The van der Waals surface area contributed by atoms with Gasteiger partial charge in [-0.05, 0) is 54.6 Å². The maximum Gasteiger partial charge on any atom is 0.321 e. The number of hydrogen-bond donors (Lipinski definition) is 3. The molecule has 110 valence electrons. The number of amides is 1. The first-order valence-corrected chi connectivity index (χ1v) is 7.96. The quantitative estimate of drug-likeness (QED) is 0.628. The molecular formula is C13H17IN2O3S. The summed E-state index contributed by atoms with van der Waals surface area (Å²) in [7, 11) is 0. The van der Waals surface area contributed by atoms with Crippen molar-refractivity contribution in [2.24, 2.45) is 5.73 Å². The van der Waals surface area contributed by atoms with Crippen LogP contribution in [0.25, 0.3) is 0 Å². The summed E-state index contributed by atoms with van der Waals surface area (Å²) in [4.78, 5) is 22.7. The van der Waals surface area contributed by atoms with Gasteiger partial charge in [-0.25, -0.2) is 0 Å². The molecule has 1 amide bonds. The van der Waals surface area contributed by atoms with Gasteiger partial charge >= 0.3 is 5.97 Å². The Morgan fingerprint density at radius 1 is 1.50 bits per heavy atom. The number of nitrogens with one attached hydrogen (secondary N) is 1. The fourth-order valence-electron chi connectivity index (χ4n) is 1.40. The average Bonchev–Trinajstić information content (AvgIpc) is 2.35. The molecule has 0 saturated carbocycles. The Labute approximate surface area is 135 Å². The average molecular weight is 408 g/mol. The molecule has 0 aromatic heterocycles. The number of anilines is 1. The molecule has 0 saturated heterocycles. The van der Waals surface area contributed by atoms with Gasteiger partial charge in [-0.15, -0.1) is 11.8 Å². The predicted molar refractivity (Wildman–Crippen MR) is 89.9 cm³/mol. The number of carbonyl (C=O) groups excluding carboxylic acids is 1. The lowest BCUT2D eigenvalue weighted by atomic mass is 10.1. The highest BCUT2D eigenvalue weighted by Crippen LogP contribution is 2.27. The highest BCUT2D eigenvalue weighted by Gasteiger charge is 2.33. The van der Waals surface area contributed by atoms with Gasteiger partial charge in [-0.1, -0.05) is 6.07 Å². The van der Waals surface area contributed by atoms with Gasteiger partial charge in [0.1, 0.15) is 6.04 Å². The first kappa shape index (κ1) is 17.3. The standard InChI is InChI=1S/C13H17IN2O3S/c1-13(2,11(15)12(18)19)20-7-10(17)16-9-5-3-4-8(14)6-9/h3-6,11H,7,15H2,1-2H3,(H,16,17)(H,18,19)/t11-/m1/s1. The van der Waals surface area contributed by atoms with Crippen molar-refractivity contribution in [3.63, 3.8) is 0 Å². The van der Waals surface area contributed by atoms with Gasteiger partial charge in [0, 0.05) is 14.0 Å². The van der Waals surface area contributed by atoms with Crippen molar-refractivity contribution in [1.29, 1.82) is 0 Å². The molecule has 5 nitrogen and oxygen atoms in total. The summed E-state index contributed by atoms with van der Waals surface area (Å²) in [5.41, 5.74) is 6.32. The van der Waals surface area contributed by atoms with Crippen LogP contribution < -0.4 is 11.1 Å². The van der Waals surface area contributed by atoms with Crippen molar-refractivity contribution in [2.45, 2.75) is 24.6 Å². The number of carboxylic acid groups (broad SMARTS) is 1. The van der Waals surface area contributed by atoms with Crippen molar-refractivity contribution in [3.8, 4) is 0 Å². The molecule has 1 aromatic rings. The van der Waals surface area contributed by atoms with E-state index in [2.05, 4.69) is 27.9 Å². The second kappa shape index (κ2) is 7.28. The molecule has 0 unspecified atom stereocenters. The molecule has 0 spiro atoms. The minimum absolute atomic E-state index is 0.152. The van der Waals surface area contributed by atoms with E-state index in [4.69, 9.17) is 10.8 Å². The largest absolute Gasteiger partial charge is 0.480 e. The van der Waals surface area contributed by atoms with E-state index in [1.54, 1.807) is 19.9 Å². The van der Waals surface area contributed by atoms with E-state index in [0.717, 1.165) is 9.26 Å². The lowest BCUT2D eigenvalue weighted by Gasteiger charge is -2.27. The molecule has 1 aromatic carbocycles. The molecular weight excluding hydrogens is 391 g/mol. The normalized spacial score (nSPS) is 12.8. The summed E-state index contributed by atoms with van der Waals surface area (Å²) in [6.45, 7) is 3.43. The third kappa shape index (κ3) is 5.29. The highest BCUT2D eigenvalue weighted by atomic mass is 127. The molecule has 0 heterocycles. The van der Waals surface area contributed by atoms with Gasteiger partial charge in [0.25, 0.3) is 0 Å². The van der Waals surface area contributed by atoms with Crippen LogP contribution >= 0.6 is 34.4 Å². The van der Waals surface area contributed by atoms with Crippen molar-refractivity contribution < 1.29 is 14.7 Å². The maximum absolute atomic E-state index is 11.8. The van der Waals surface area contributed by atoms with Crippen LogP contribution in [0, 0.1) is 3.57 Å². The second-order valence-corrected chi connectivity index (χ2v) is 7.64. The van der Waals surface area contributed by atoms with Gasteiger partial charge in [0.2, 0.25) is 5.91 Å². The molecule has 0 bridgehead atoms. The number of nitrogens with two attached hydrogens (primary N) is 1. The van der Waals surface area contributed by atoms with E-state index in [0.29, 0.717) is 0 Å². The van der Waals surface area contributed by atoms with Gasteiger partial charge in [0.05, 0.1) is 5.75 Å². The lowest BCUT2D eigenvalue weighted by Crippen LogP contribution is -2.47. The van der Waals surface area contributed by atoms with Crippen LogP contribution in [-0.4, -0.2) is 33.5 Å². The van der Waals surface area contributed by atoms with E-state index in [-0.39, 0.29) is 11.7 Å². The number of hydrogen-bond acceptors (Lipinski definition) is 4. The molecule has 0 fully saturated rings. The number of thioether (sulfide) groups is 1. The van der Waals surface area contributed by atoms with Gasteiger partial charge in [0.15, 0.2) is 0 Å². The zero-order valence-corrected chi connectivity index (χ0v) is 14.2. The number of aliphatic carboxylic acids is 1. The van der Waals surface area contributed by atoms with E-state index >= 15 is 0 Å². The molecule has 7 heteroatoms. The van der Waals surface area contributed by atoms with Crippen molar-refractivity contribution in [3.05, 3.63) is 27.8 Å². The molecule has 0 aliphatic carbocycles. The van der Waals surface area contributed by atoms with Crippen LogP contribution in [0.4, 0.5) is 5.69 Å². The van der Waals surface area contributed by atoms with Crippen LogP contribution in [0.5, 0.6) is 0 Å². The topological polar surface area (TPSA) is 92.4 Å². The summed E-state index contributed by atoms with van der Waals surface area (Å²) in [5.74, 6) is -1.09. The summed E-state index contributed by atoms with van der Waals surface area (Å²) >= 11 is 3.39. The Kier molecular flexibility index (Phi) is 6.28. The molecule has 20 heavy (non-hydrogen) atoms. The van der Waals surface area contributed by atoms with Gasteiger partial charge in [-0.2, -0.15) is 0 Å². The number of rotatable bonds is 6.